The van der Waals surface area contributed by atoms with E-state index in [9.17, 15) is 29.7 Å². The van der Waals surface area contributed by atoms with E-state index in [2.05, 4.69) is 0 Å². The summed E-state index contributed by atoms with van der Waals surface area (Å²) in [6.45, 7) is 10.7. The number of cyclic esters (lactones) is 1. The molecule has 2 aliphatic rings. The van der Waals surface area contributed by atoms with E-state index in [0.29, 0.717) is 19.3 Å². The van der Waals surface area contributed by atoms with Crippen molar-refractivity contribution < 1.29 is 43.9 Å². The third-order valence-corrected chi connectivity index (χ3v) is 8.74. The highest BCUT2D eigenvalue weighted by Crippen LogP contribution is 2.35. The largest absolute Gasteiger partial charge is 0.461 e. The number of aliphatic hydroxyl groups is 3. The molecular weight excluding hydrogens is 542 g/mol. The lowest BCUT2D eigenvalue weighted by Gasteiger charge is -2.46. The smallest absolute Gasteiger partial charge is 0.308 e. The van der Waals surface area contributed by atoms with Crippen molar-refractivity contribution in [3.8, 4) is 0 Å². The molecule has 1 unspecified atom stereocenters. The molecule has 1 saturated heterocycles. The molecule has 0 aromatic rings. The first-order chi connectivity index (χ1) is 19.7. The van der Waals surface area contributed by atoms with Gasteiger partial charge in [-0.15, -0.1) is 0 Å². The first kappa shape index (κ1) is 36.2. The Morgan fingerprint density at radius 2 is 1.71 bits per heavy atom. The Balaban J connectivity index is 2.51. The average Bonchev–Trinajstić information content (AvgIpc) is 2.93. The summed E-state index contributed by atoms with van der Waals surface area (Å²) in [7, 11) is 3.51. The molecule has 0 aliphatic carbocycles. The number of ketones is 1. The fourth-order valence-electron chi connectivity index (χ4n) is 6.24. The van der Waals surface area contributed by atoms with Crippen LogP contribution in [0.3, 0.4) is 0 Å². The molecule has 3 N–H and O–H groups in total. The maximum atomic E-state index is 13.2. The van der Waals surface area contributed by atoms with Crippen LogP contribution in [0, 0.1) is 29.6 Å². The summed E-state index contributed by atoms with van der Waals surface area (Å²) < 4.78 is 18.3. The van der Waals surface area contributed by atoms with Crippen molar-refractivity contribution in [1.82, 2.24) is 4.90 Å². The summed E-state index contributed by atoms with van der Waals surface area (Å²) in [5.74, 6) is -2.59. The van der Waals surface area contributed by atoms with Crippen LogP contribution in [-0.4, -0.2) is 102 Å². The highest BCUT2D eigenvalue weighted by atomic mass is 16.7. The van der Waals surface area contributed by atoms with E-state index in [4.69, 9.17) is 14.2 Å². The van der Waals surface area contributed by atoms with Crippen LogP contribution >= 0.6 is 0 Å². The summed E-state index contributed by atoms with van der Waals surface area (Å²) >= 11 is 0. The van der Waals surface area contributed by atoms with Gasteiger partial charge in [0.05, 0.1) is 36.9 Å². The van der Waals surface area contributed by atoms with E-state index < -0.39 is 72.5 Å². The number of esters is 1. The molecule has 0 aromatic heterocycles. The predicted molar refractivity (Wildman–Crippen MR) is 158 cm³/mol. The van der Waals surface area contributed by atoms with Crippen molar-refractivity contribution in [3.05, 3.63) is 23.8 Å². The maximum absolute atomic E-state index is 13.2. The molecule has 10 heteroatoms. The van der Waals surface area contributed by atoms with E-state index in [1.54, 1.807) is 38.9 Å². The van der Waals surface area contributed by atoms with Gasteiger partial charge >= 0.3 is 5.97 Å². The van der Waals surface area contributed by atoms with E-state index in [1.165, 1.54) is 6.08 Å². The van der Waals surface area contributed by atoms with Crippen LogP contribution in [0.2, 0.25) is 0 Å². The van der Waals surface area contributed by atoms with E-state index >= 15 is 0 Å². The quantitative estimate of drug-likeness (QED) is 0.297. The molecule has 2 aliphatic heterocycles. The zero-order chi connectivity index (χ0) is 31.7. The summed E-state index contributed by atoms with van der Waals surface area (Å²) in [5, 5.41) is 31.9. The standard InChI is InChI=1S/C32H53NO9/c1-9-26-24(17-35)14-18(2)10-11-25(36)19(3)16-23(12-13-34)30(20(4)15-21(5)31(39)41-26)42-32-29(38)27(33(7)8)28(37)22(6)40-32/h10-11,13-14,19-24,26-30,32,35,37-38H,9,12,15-17H2,1-8H3/b11-10+,18-14+/t19-,20+,21?,22-,23+,24-,26-,27+,28-,29-,30-,32+/m1/s1. The van der Waals surface area contributed by atoms with Crippen molar-refractivity contribution >= 4 is 18.0 Å². The van der Waals surface area contributed by atoms with Crippen molar-refractivity contribution in [1.29, 1.82) is 0 Å². The third-order valence-electron chi connectivity index (χ3n) is 8.74. The number of allylic oxidation sites excluding steroid dienone is 3. The van der Waals surface area contributed by atoms with Gasteiger partial charge in [-0.3, -0.25) is 9.59 Å². The Hall–Kier alpha value is -1.95. The van der Waals surface area contributed by atoms with E-state index in [0.717, 1.165) is 11.9 Å². The Kier molecular flexibility index (Phi) is 14.5. The van der Waals surface area contributed by atoms with Gasteiger partial charge in [0.15, 0.2) is 12.1 Å². The molecule has 240 valence electrons. The van der Waals surface area contributed by atoms with Gasteiger partial charge in [-0.25, -0.2) is 0 Å². The Bertz CT molecular complexity index is 950. The van der Waals surface area contributed by atoms with Crippen LogP contribution in [0.25, 0.3) is 0 Å². The summed E-state index contributed by atoms with van der Waals surface area (Å²) in [6.07, 6.45) is 2.08. The first-order valence-electron chi connectivity index (χ1n) is 15.2. The Morgan fingerprint density at radius 3 is 2.29 bits per heavy atom. The number of carbonyl (C=O) groups excluding carboxylic acids is 3. The van der Waals surface area contributed by atoms with Crippen molar-refractivity contribution in [2.45, 2.75) is 110 Å². The van der Waals surface area contributed by atoms with E-state index in [1.807, 2.05) is 33.8 Å². The highest BCUT2D eigenvalue weighted by molar-refractivity contribution is 5.91. The van der Waals surface area contributed by atoms with Crippen LogP contribution < -0.4 is 0 Å². The zero-order valence-corrected chi connectivity index (χ0v) is 26.5. The normalized spacial score (nSPS) is 41.6. The second-order valence-electron chi connectivity index (χ2n) is 12.5. The van der Waals surface area contributed by atoms with Gasteiger partial charge in [0.2, 0.25) is 0 Å². The summed E-state index contributed by atoms with van der Waals surface area (Å²) in [6, 6.07) is -0.647. The van der Waals surface area contributed by atoms with Crippen LogP contribution in [0.5, 0.6) is 0 Å². The second-order valence-corrected chi connectivity index (χ2v) is 12.5. The summed E-state index contributed by atoms with van der Waals surface area (Å²) in [4.78, 5) is 40.0. The molecule has 0 amide bonds. The molecule has 0 radical (unpaired) electrons. The summed E-state index contributed by atoms with van der Waals surface area (Å²) in [5.41, 5.74) is 0.763. The number of carbonyl (C=O) groups is 3. The van der Waals surface area contributed by atoms with Gasteiger partial charge in [-0.1, -0.05) is 45.4 Å². The molecule has 0 saturated carbocycles. The second kappa shape index (κ2) is 16.8. The Morgan fingerprint density at radius 1 is 1.05 bits per heavy atom. The van der Waals surface area contributed by atoms with Crippen molar-refractivity contribution in [2.24, 2.45) is 29.6 Å². The topological polar surface area (TPSA) is 143 Å². The molecule has 1 fully saturated rings. The minimum Gasteiger partial charge on any atom is -0.461 e. The number of ether oxygens (including phenoxy) is 3. The van der Waals surface area contributed by atoms with Crippen LogP contribution in [0.1, 0.15) is 67.2 Å². The number of aliphatic hydroxyl groups excluding tert-OH is 3. The third kappa shape index (κ3) is 9.53. The minimum atomic E-state index is -1.18. The highest BCUT2D eigenvalue weighted by Gasteiger charge is 2.46. The molecular formula is C32H53NO9. The fourth-order valence-corrected chi connectivity index (χ4v) is 6.24. The maximum Gasteiger partial charge on any atom is 0.308 e. The predicted octanol–water partition coefficient (Wildman–Crippen LogP) is 2.68. The van der Waals surface area contributed by atoms with Crippen molar-refractivity contribution in [3.63, 3.8) is 0 Å². The van der Waals surface area contributed by atoms with Gasteiger partial charge in [0.1, 0.15) is 18.5 Å². The van der Waals surface area contributed by atoms with Crippen molar-refractivity contribution in [2.75, 3.05) is 20.7 Å². The fraction of sp³-hybridized carbons (Fsp3) is 0.781. The number of aldehydes is 1. The lowest BCUT2D eigenvalue weighted by atomic mass is 9.79. The molecule has 0 spiro atoms. The lowest BCUT2D eigenvalue weighted by molar-refractivity contribution is -0.302. The van der Waals surface area contributed by atoms with Gasteiger partial charge in [-0.05, 0) is 65.1 Å². The van der Waals surface area contributed by atoms with Crippen LogP contribution in [0.15, 0.2) is 23.8 Å². The number of hydrogen-bond acceptors (Lipinski definition) is 10. The minimum absolute atomic E-state index is 0.108. The number of hydrogen-bond donors (Lipinski definition) is 3. The zero-order valence-electron chi connectivity index (χ0n) is 26.5. The van der Waals surface area contributed by atoms with Crippen LogP contribution in [0.4, 0.5) is 0 Å². The van der Waals surface area contributed by atoms with Gasteiger partial charge in [-0.2, -0.15) is 0 Å². The monoisotopic (exact) mass is 595 g/mol. The first-order valence-corrected chi connectivity index (χ1v) is 15.2. The van der Waals surface area contributed by atoms with Gasteiger partial charge in [0.25, 0.3) is 0 Å². The number of rotatable bonds is 7. The molecule has 0 bridgehead atoms. The van der Waals surface area contributed by atoms with Crippen LogP contribution in [-0.2, 0) is 28.6 Å². The SMILES string of the molecule is CC[C@H]1OC(=O)C(C)C[C@H](C)[C@@H](O[C@@H]2O[C@H](C)[C@@H](O)[C@H](N(C)C)[C@H]2O)[C@@H](CC=O)C[C@@H](C)C(=O)/C=C/C(C)=C/[C@@H]1CO. The molecule has 12 atom stereocenters. The molecule has 42 heavy (non-hydrogen) atoms. The molecule has 10 nitrogen and oxygen atoms in total. The Labute approximate surface area is 251 Å². The van der Waals surface area contributed by atoms with Gasteiger partial charge in [0, 0.05) is 18.3 Å². The van der Waals surface area contributed by atoms with Gasteiger partial charge < -0.3 is 39.2 Å². The number of nitrogens with zero attached hydrogens (tertiary/aromatic N) is 1. The number of likely N-dealkylation sites (N-methyl/N-ethyl adjacent to an activating group) is 1. The lowest BCUT2D eigenvalue weighted by Crippen LogP contribution is -2.63. The molecule has 2 heterocycles. The molecule has 2 rings (SSSR count). The van der Waals surface area contributed by atoms with E-state index in [-0.39, 0.29) is 24.7 Å². The average molecular weight is 596 g/mol. The molecule has 0 aromatic carbocycles.